The number of nitrogens with zero attached hydrogens (tertiary/aromatic N) is 2. The van der Waals surface area contributed by atoms with Crippen LogP contribution in [0.5, 0.6) is 0 Å². The molecule has 0 aliphatic heterocycles. The number of carbonyl (C=O) groups is 1. The molecule has 0 atom stereocenters. The van der Waals surface area contributed by atoms with Crippen molar-refractivity contribution in [2.45, 2.75) is 19.3 Å². The maximum absolute atomic E-state index is 12.0. The number of carbonyl (C=O) groups excluding carboxylic acids is 1. The number of nitrogens with one attached hydrogen (secondary N) is 1. The van der Waals surface area contributed by atoms with Crippen molar-refractivity contribution in [3.63, 3.8) is 0 Å². The van der Waals surface area contributed by atoms with Crippen molar-refractivity contribution in [3.05, 3.63) is 59.6 Å². The van der Waals surface area contributed by atoms with Gasteiger partial charge in [-0.1, -0.05) is 30.3 Å². The van der Waals surface area contributed by atoms with Crippen LogP contribution in [0.1, 0.15) is 17.8 Å². The number of aromatic nitrogens is 1. The zero-order chi connectivity index (χ0) is 16.1. The van der Waals surface area contributed by atoms with Crippen molar-refractivity contribution in [1.82, 2.24) is 10.4 Å². The topological polar surface area (TPSA) is 45.2 Å². The molecular formula is C18H19N3OS. The monoisotopic (exact) mass is 325 g/mol. The number of thiazole rings is 1. The maximum Gasteiger partial charge on any atom is 0.238 e. The van der Waals surface area contributed by atoms with Crippen molar-refractivity contribution in [3.8, 4) is 0 Å². The molecule has 1 N–H and O–H groups in total. The molecule has 0 aliphatic rings. The molecule has 0 aliphatic carbocycles. The quantitative estimate of drug-likeness (QED) is 0.701. The molecule has 0 unspecified atom stereocenters. The van der Waals surface area contributed by atoms with Crippen LogP contribution in [-0.2, 0) is 11.2 Å². The molecule has 1 aromatic heterocycles. The van der Waals surface area contributed by atoms with E-state index in [1.807, 2.05) is 55.6 Å². The minimum atomic E-state index is 0.0254. The average molecular weight is 325 g/mol. The number of anilines is 1. The third kappa shape index (κ3) is 4.07. The summed E-state index contributed by atoms with van der Waals surface area (Å²) in [5, 5.41) is 2.84. The summed E-state index contributed by atoms with van der Waals surface area (Å²) >= 11 is 1.71. The van der Waals surface area contributed by atoms with Crippen LogP contribution in [-0.4, -0.2) is 17.9 Å². The van der Waals surface area contributed by atoms with Crippen LogP contribution in [0.2, 0.25) is 0 Å². The molecule has 4 nitrogen and oxygen atoms in total. The lowest BCUT2D eigenvalue weighted by Gasteiger charge is -2.20. The summed E-state index contributed by atoms with van der Waals surface area (Å²) in [6.07, 6.45) is 2.13. The van der Waals surface area contributed by atoms with E-state index in [1.54, 1.807) is 16.3 Å². The number of fused-ring (bicyclic) bond motifs is 1. The molecule has 1 amide bonds. The Bertz CT molecular complexity index is 752. The molecule has 2 aromatic carbocycles. The van der Waals surface area contributed by atoms with Crippen LogP contribution in [0.25, 0.3) is 10.2 Å². The molecule has 0 radical (unpaired) electrons. The second-order valence-electron chi connectivity index (χ2n) is 5.36. The molecule has 0 bridgehead atoms. The predicted octanol–water partition coefficient (Wildman–Crippen LogP) is 3.79. The van der Waals surface area contributed by atoms with E-state index < -0.39 is 0 Å². The molecule has 0 fully saturated rings. The van der Waals surface area contributed by atoms with Gasteiger partial charge < -0.3 is 0 Å². The lowest BCUT2D eigenvalue weighted by molar-refractivity contribution is -0.121. The predicted molar refractivity (Wildman–Crippen MR) is 95.5 cm³/mol. The van der Waals surface area contributed by atoms with Gasteiger partial charge in [0.2, 0.25) is 5.91 Å². The van der Waals surface area contributed by atoms with Gasteiger partial charge in [-0.25, -0.2) is 4.98 Å². The van der Waals surface area contributed by atoms with E-state index in [0.717, 1.165) is 29.1 Å². The van der Waals surface area contributed by atoms with Crippen LogP contribution in [0.4, 0.5) is 5.69 Å². The molecular weight excluding hydrogens is 306 g/mol. The third-order valence-electron chi connectivity index (χ3n) is 3.57. The number of amides is 1. The fourth-order valence-electron chi connectivity index (χ4n) is 2.39. The number of rotatable bonds is 6. The summed E-state index contributed by atoms with van der Waals surface area (Å²) in [4.78, 5) is 16.6. The average Bonchev–Trinajstić information content (AvgIpc) is 2.98. The van der Waals surface area contributed by atoms with Crippen molar-refractivity contribution in [1.29, 1.82) is 0 Å². The first-order valence-electron chi connectivity index (χ1n) is 7.65. The van der Waals surface area contributed by atoms with Crippen molar-refractivity contribution in [2.75, 3.05) is 12.1 Å². The smallest absolute Gasteiger partial charge is 0.238 e. The van der Waals surface area contributed by atoms with Gasteiger partial charge in [-0.05, 0) is 37.1 Å². The van der Waals surface area contributed by atoms with Gasteiger partial charge in [-0.3, -0.25) is 15.2 Å². The summed E-state index contributed by atoms with van der Waals surface area (Å²) in [6, 6.07) is 17.9. The molecule has 1 heterocycles. The molecule has 5 heteroatoms. The van der Waals surface area contributed by atoms with Crippen molar-refractivity contribution in [2.24, 2.45) is 0 Å². The minimum Gasteiger partial charge on any atom is -0.289 e. The molecule has 0 saturated carbocycles. The highest BCUT2D eigenvalue weighted by molar-refractivity contribution is 7.18. The van der Waals surface area contributed by atoms with E-state index >= 15 is 0 Å². The fourth-order valence-corrected chi connectivity index (χ4v) is 3.40. The van der Waals surface area contributed by atoms with E-state index in [9.17, 15) is 4.79 Å². The Morgan fingerprint density at radius 3 is 2.65 bits per heavy atom. The number of benzene rings is 2. The van der Waals surface area contributed by atoms with Crippen molar-refractivity contribution >= 4 is 33.1 Å². The first kappa shape index (κ1) is 15.5. The summed E-state index contributed by atoms with van der Waals surface area (Å²) in [5.41, 5.74) is 4.89. The van der Waals surface area contributed by atoms with Gasteiger partial charge in [-0.15, -0.1) is 11.3 Å². The highest BCUT2D eigenvalue weighted by Gasteiger charge is 2.07. The number of hydrogen-bond donors (Lipinski definition) is 1. The summed E-state index contributed by atoms with van der Waals surface area (Å²) in [5.74, 6) is 0.0254. The standard InChI is InChI=1S/C18H19N3OS/c1-21(14-8-3-2-4-9-14)20-17(22)12-7-13-18-19-15-10-5-6-11-16(15)23-18/h2-6,8-11H,7,12-13H2,1H3,(H,20,22). The zero-order valence-electron chi connectivity index (χ0n) is 13.0. The van der Waals surface area contributed by atoms with Gasteiger partial charge in [0.1, 0.15) is 0 Å². The third-order valence-corrected chi connectivity index (χ3v) is 4.66. The van der Waals surface area contributed by atoms with Gasteiger partial charge in [-0.2, -0.15) is 0 Å². The first-order chi connectivity index (χ1) is 11.2. The van der Waals surface area contributed by atoms with Crippen LogP contribution >= 0.6 is 11.3 Å². The number of para-hydroxylation sites is 2. The lowest BCUT2D eigenvalue weighted by atomic mass is 10.2. The minimum absolute atomic E-state index is 0.0254. The normalized spacial score (nSPS) is 10.7. The van der Waals surface area contributed by atoms with Crippen LogP contribution in [0.15, 0.2) is 54.6 Å². The number of hydrazine groups is 1. The maximum atomic E-state index is 12.0. The highest BCUT2D eigenvalue weighted by atomic mass is 32.1. The van der Waals surface area contributed by atoms with E-state index in [1.165, 1.54) is 4.70 Å². The largest absolute Gasteiger partial charge is 0.289 e. The Hall–Kier alpha value is -2.40. The molecule has 0 saturated heterocycles. The van der Waals surface area contributed by atoms with E-state index in [-0.39, 0.29) is 5.91 Å². The Kier molecular flexibility index (Phi) is 4.88. The van der Waals surface area contributed by atoms with Crippen molar-refractivity contribution < 1.29 is 4.79 Å². The van der Waals surface area contributed by atoms with Gasteiger partial charge in [0.15, 0.2) is 0 Å². The Morgan fingerprint density at radius 1 is 1.13 bits per heavy atom. The van der Waals surface area contributed by atoms with Gasteiger partial charge in [0.25, 0.3) is 0 Å². The molecule has 118 valence electrons. The highest BCUT2D eigenvalue weighted by Crippen LogP contribution is 2.22. The summed E-state index contributed by atoms with van der Waals surface area (Å²) in [7, 11) is 1.85. The van der Waals surface area contributed by atoms with Gasteiger partial charge >= 0.3 is 0 Å². The SMILES string of the molecule is CN(NC(=O)CCCc1nc2ccccc2s1)c1ccccc1. The molecule has 3 rings (SSSR count). The molecule has 3 aromatic rings. The number of hydrogen-bond acceptors (Lipinski definition) is 4. The Morgan fingerprint density at radius 2 is 1.87 bits per heavy atom. The Balaban J connectivity index is 1.47. The van der Waals surface area contributed by atoms with Gasteiger partial charge in [0.05, 0.1) is 20.9 Å². The number of aryl methyl sites for hydroxylation is 1. The summed E-state index contributed by atoms with van der Waals surface area (Å²) in [6.45, 7) is 0. The molecule has 0 spiro atoms. The first-order valence-corrected chi connectivity index (χ1v) is 8.47. The zero-order valence-corrected chi connectivity index (χ0v) is 13.8. The Labute approximate surface area is 139 Å². The molecule has 23 heavy (non-hydrogen) atoms. The second kappa shape index (κ2) is 7.24. The lowest BCUT2D eigenvalue weighted by Crippen LogP contribution is -2.39. The van der Waals surface area contributed by atoms with Crippen LogP contribution in [0, 0.1) is 0 Å². The second-order valence-corrected chi connectivity index (χ2v) is 6.47. The van der Waals surface area contributed by atoms with Crippen LogP contribution < -0.4 is 10.4 Å². The van der Waals surface area contributed by atoms with Crippen LogP contribution in [0.3, 0.4) is 0 Å². The fraction of sp³-hybridized carbons (Fsp3) is 0.222. The van der Waals surface area contributed by atoms with E-state index in [0.29, 0.717) is 6.42 Å². The van der Waals surface area contributed by atoms with E-state index in [4.69, 9.17) is 0 Å². The van der Waals surface area contributed by atoms with E-state index in [2.05, 4.69) is 16.5 Å². The summed E-state index contributed by atoms with van der Waals surface area (Å²) < 4.78 is 1.20. The van der Waals surface area contributed by atoms with Gasteiger partial charge in [0, 0.05) is 13.5 Å².